The van der Waals surface area contributed by atoms with E-state index >= 15 is 0 Å². The molecule has 0 radical (unpaired) electrons. The number of pyridine rings is 1. The van der Waals surface area contributed by atoms with Crippen LogP contribution in [0, 0.1) is 0 Å². The van der Waals surface area contributed by atoms with E-state index < -0.39 is 5.97 Å². The van der Waals surface area contributed by atoms with Gasteiger partial charge in [-0.3, -0.25) is 0 Å². The highest BCUT2D eigenvalue weighted by Gasteiger charge is 2.13. The van der Waals surface area contributed by atoms with Crippen LogP contribution in [-0.2, 0) is 4.74 Å². The van der Waals surface area contributed by atoms with E-state index in [2.05, 4.69) is 25.7 Å². The predicted molar refractivity (Wildman–Crippen MR) is 78.3 cm³/mol. The zero-order valence-corrected chi connectivity index (χ0v) is 12.5. The van der Waals surface area contributed by atoms with Crippen molar-refractivity contribution < 1.29 is 9.53 Å². The Morgan fingerprint density at radius 2 is 2.16 bits per heavy atom. The van der Waals surface area contributed by atoms with Crippen molar-refractivity contribution in [3.63, 3.8) is 0 Å². The first-order valence-electron chi connectivity index (χ1n) is 5.38. The first kappa shape index (κ1) is 13.9. The second-order valence-electron chi connectivity index (χ2n) is 3.63. The largest absolute Gasteiger partial charge is 0.465 e. The molecular formula is C13H11BrN2O2S. The van der Waals surface area contributed by atoms with Gasteiger partial charge in [-0.25, -0.2) is 9.78 Å². The van der Waals surface area contributed by atoms with Crippen molar-refractivity contribution in [1.82, 2.24) is 4.98 Å². The van der Waals surface area contributed by atoms with Gasteiger partial charge < -0.3 is 10.5 Å². The molecule has 98 valence electrons. The fraction of sp³-hybridized carbons (Fsp3) is 0.0769. The van der Waals surface area contributed by atoms with Crippen molar-refractivity contribution in [1.29, 1.82) is 0 Å². The first-order chi connectivity index (χ1) is 9.11. The summed E-state index contributed by atoms with van der Waals surface area (Å²) in [5.74, 6) is -0.441. The number of benzene rings is 1. The van der Waals surface area contributed by atoms with E-state index in [0.717, 1.165) is 14.4 Å². The van der Waals surface area contributed by atoms with Crippen molar-refractivity contribution in [2.75, 3.05) is 12.8 Å². The van der Waals surface area contributed by atoms with Gasteiger partial charge in [-0.05, 0) is 40.2 Å². The number of nitrogens with two attached hydrogens (primary N) is 1. The highest BCUT2D eigenvalue weighted by Crippen LogP contribution is 2.33. The van der Waals surface area contributed by atoms with E-state index in [1.54, 1.807) is 18.3 Å². The van der Waals surface area contributed by atoms with E-state index in [1.807, 2.05) is 18.2 Å². The molecule has 0 fully saturated rings. The van der Waals surface area contributed by atoms with Gasteiger partial charge in [0.05, 0.1) is 18.4 Å². The molecule has 0 aliphatic heterocycles. The third kappa shape index (κ3) is 3.27. The second-order valence-corrected chi connectivity index (χ2v) is 5.60. The Bertz CT molecular complexity index is 602. The summed E-state index contributed by atoms with van der Waals surface area (Å²) in [5, 5.41) is 0.803. The number of carbonyl (C=O) groups is 1. The molecule has 1 aromatic heterocycles. The molecule has 0 spiro atoms. The summed E-state index contributed by atoms with van der Waals surface area (Å²) >= 11 is 4.73. The lowest BCUT2D eigenvalue weighted by atomic mass is 10.2. The number of esters is 1. The van der Waals surface area contributed by atoms with Crippen LogP contribution in [0.25, 0.3) is 0 Å². The fourth-order valence-corrected chi connectivity index (χ4v) is 2.52. The van der Waals surface area contributed by atoms with Crippen LogP contribution in [0.4, 0.5) is 5.69 Å². The SMILES string of the molecule is COC(=O)c1cccc(Sc2ccc(Br)cn2)c1N. The van der Waals surface area contributed by atoms with Gasteiger partial charge in [0.15, 0.2) is 0 Å². The van der Waals surface area contributed by atoms with E-state index in [0.29, 0.717) is 11.3 Å². The molecule has 1 aromatic carbocycles. The maximum atomic E-state index is 11.6. The van der Waals surface area contributed by atoms with E-state index in [9.17, 15) is 4.79 Å². The Morgan fingerprint density at radius 3 is 2.79 bits per heavy atom. The number of anilines is 1. The monoisotopic (exact) mass is 338 g/mol. The topological polar surface area (TPSA) is 65.2 Å². The molecular weight excluding hydrogens is 328 g/mol. The lowest BCUT2D eigenvalue weighted by Crippen LogP contribution is -2.06. The molecule has 0 amide bonds. The predicted octanol–water partition coefficient (Wildman–Crippen LogP) is 3.36. The maximum Gasteiger partial charge on any atom is 0.339 e. The molecule has 4 nitrogen and oxygen atoms in total. The molecule has 0 unspecified atom stereocenters. The normalized spacial score (nSPS) is 10.2. The van der Waals surface area contributed by atoms with Crippen molar-refractivity contribution in [2.24, 2.45) is 0 Å². The number of halogens is 1. The number of rotatable bonds is 3. The number of aromatic nitrogens is 1. The molecule has 1 heterocycles. The molecule has 0 atom stereocenters. The number of nitrogen functional groups attached to an aromatic ring is 1. The van der Waals surface area contributed by atoms with Crippen molar-refractivity contribution in [2.45, 2.75) is 9.92 Å². The van der Waals surface area contributed by atoms with Gasteiger partial charge in [-0.1, -0.05) is 17.8 Å². The van der Waals surface area contributed by atoms with Gasteiger partial charge >= 0.3 is 5.97 Å². The van der Waals surface area contributed by atoms with E-state index in [-0.39, 0.29) is 0 Å². The minimum Gasteiger partial charge on any atom is -0.465 e. The molecule has 6 heteroatoms. The van der Waals surface area contributed by atoms with Crippen LogP contribution in [0.3, 0.4) is 0 Å². The number of methoxy groups -OCH3 is 1. The quantitative estimate of drug-likeness (QED) is 0.686. The molecule has 19 heavy (non-hydrogen) atoms. The minimum absolute atomic E-state index is 0.365. The van der Waals surface area contributed by atoms with Crippen LogP contribution >= 0.6 is 27.7 Å². The summed E-state index contributed by atoms with van der Waals surface area (Å²) in [6, 6.07) is 9.02. The smallest absolute Gasteiger partial charge is 0.339 e. The summed E-state index contributed by atoms with van der Waals surface area (Å²) < 4.78 is 5.60. The van der Waals surface area contributed by atoms with Gasteiger partial charge in [-0.2, -0.15) is 0 Å². The van der Waals surface area contributed by atoms with Crippen molar-refractivity contribution in [3.05, 3.63) is 46.6 Å². The molecule has 0 saturated carbocycles. The number of nitrogens with zero attached hydrogens (tertiary/aromatic N) is 1. The first-order valence-corrected chi connectivity index (χ1v) is 6.99. The molecule has 0 bridgehead atoms. The average molecular weight is 339 g/mol. The van der Waals surface area contributed by atoms with Crippen LogP contribution < -0.4 is 5.73 Å². The van der Waals surface area contributed by atoms with Crippen molar-refractivity contribution in [3.8, 4) is 0 Å². The number of carbonyl (C=O) groups excluding carboxylic acids is 1. The van der Waals surface area contributed by atoms with Gasteiger partial charge in [0.25, 0.3) is 0 Å². The summed E-state index contributed by atoms with van der Waals surface area (Å²) in [7, 11) is 1.33. The maximum absolute atomic E-state index is 11.6. The highest BCUT2D eigenvalue weighted by atomic mass is 79.9. The summed E-state index contributed by atoms with van der Waals surface area (Å²) in [4.78, 5) is 16.6. The lowest BCUT2D eigenvalue weighted by Gasteiger charge is -2.08. The molecule has 0 aliphatic rings. The van der Waals surface area contributed by atoms with Crippen LogP contribution in [0.15, 0.2) is 50.9 Å². The van der Waals surface area contributed by atoms with Gasteiger partial charge in [0.2, 0.25) is 0 Å². The molecule has 2 aromatic rings. The second kappa shape index (κ2) is 6.08. The Labute approximate surface area is 123 Å². The Kier molecular flexibility index (Phi) is 4.44. The molecule has 0 aliphatic carbocycles. The zero-order chi connectivity index (χ0) is 13.8. The van der Waals surface area contributed by atoms with Crippen LogP contribution in [-0.4, -0.2) is 18.1 Å². The standard InChI is InChI=1S/C13H11BrN2O2S/c1-18-13(17)9-3-2-4-10(12(9)15)19-11-6-5-8(14)7-16-11/h2-7H,15H2,1H3. The molecule has 2 N–H and O–H groups in total. The molecule has 0 saturated heterocycles. The number of para-hydroxylation sites is 1. The van der Waals surface area contributed by atoms with Crippen molar-refractivity contribution >= 4 is 39.3 Å². The number of ether oxygens (including phenoxy) is 1. The van der Waals surface area contributed by atoms with E-state index in [1.165, 1.54) is 18.9 Å². The van der Waals surface area contributed by atoms with Crippen LogP contribution in [0.1, 0.15) is 10.4 Å². The van der Waals surface area contributed by atoms with Gasteiger partial charge in [0.1, 0.15) is 5.03 Å². The number of hydrogen-bond donors (Lipinski definition) is 1. The lowest BCUT2D eigenvalue weighted by molar-refractivity contribution is 0.0601. The summed E-state index contributed by atoms with van der Waals surface area (Å²) in [5.41, 5.74) is 6.75. The zero-order valence-electron chi connectivity index (χ0n) is 10.1. The highest BCUT2D eigenvalue weighted by molar-refractivity contribution is 9.10. The number of hydrogen-bond acceptors (Lipinski definition) is 5. The fourth-order valence-electron chi connectivity index (χ4n) is 1.46. The van der Waals surface area contributed by atoms with Crippen LogP contribution in [0.5, 0.6) is 0 Å². The molecule has 2 rings (SSSR count). The third-order valence-electron chi connectivity index (χ3n) is 2.39. The van der Waals surface area contributed by atoms with Gasteiger partial charge in [-0.15, -0.1) is 0 Å². The van der Waals surface area contributed by atoms with Gasteiger partial charge in [0, 0.05) is 15.6 Å². The minimum atomic E-state index is -0.441. The average Bonchev–Trinajstić information content (AvgIpc) is 2.43. The van der Waals surface area contributed by atoms with Crippen LogP contribution in [0.2, 0.25) is 0 Å². The Hall–Kier alpha value is -1.53. The van der Waals surface area contributed by atoms with E-state index in [4.69, 9.17) is 5.73 Å². The Morgan fingerprint density at radius 1 is 1.37 bits per heavy atom. The third-order valence-corrected chi connectivity index (χ3v) is 3.88. The summed E-state index contributed by atoms with van der Waals surface area (Å²) in [6.45, 7) is 0. The Balaban J connectivity index is 2.30. The summed E-state index contributed by atoms with van der Waals surface area (Å²) in [6.07, 6.45) is 1.71.